The second kappa shape index (κ2) is 11.8. The standard InChI is InChI=1S/C48H32/c1-4-14-33(15-5-1)40-29-41(34-16-6-2-7-17-34)31-42(30-40)48-44-23-13-12-22-43(44)47(36-19-8-3-9-20-36)45-27-26-39(32-46(45)48)38-25-24-35-18-10-11-21-37(35)28-38/h1-32H/i12D,13D,22D,23D,26D,27D,32D. The summed E-state index contributed by atoms with van der Waals surface area (Å²) in [6, 6.07) is 47.5. The van der Waals surface area contributed by atoms with E-state index in [1.54, 1.807) is 0 Å². The van der Waals surface area contributed by atoms with E-state index in [4.69, 9.17) is 2.74 Å². The third-order valence-corrected chi connectivity index (χ3v) is 9.04. The van der Waals surface area contributed by atoms with Crippen molar-refractivity contribution >= 4 is 32.3 Å². The number of hydrogen-bond donors (Lipinski definition) is 0. The number of rotatable bonds is 5. The van der Waals surface area contributed by atoms with Gasteiger partial charge in [-0.15, -0.1) is 0 Å². The Hall–Kier alpha value is -6.24. The van der Waals surface area contributed by atoms with Gasteiger partial charge in [0, 0.05) is 0 Å². The van der Waals surface area contributed by atoms with Gasteiger partial charge in [-0.05, 0) is 118 Å². The first kappa shape index (κ1) is 21.5. The van der Waals surface area contributed by atoms with Crippen LogP contribution >= 0.6 is 0 Å². The van der Waals surface area contributed by atoms with Crippen molar-refractivity contribution in [1.29, 1.82) is 0 Å². The molecule has 0 bridgehead atoms. The van der Waals surface area contributed by atoms with Crippen LogP contribution in [0.2, 0.25) is 0 Å². The maximum Gasteiger partial charge on any atom is 0.0636 e. The quantitative estimate of drug-likeness (QED) is 0.169. The molecule has 0 heterocycles. The summed E-state index contributed by atoms with van der Waals surface area (Å²) in [7, 11) is 0. The maximum absolute atomic E-state index is 10.1. The molecule has 9 rings (SSSR count). The van der Waals surface area contributed by atoms with Gasteiger partial charge in [0.2, 0.25) is 0 Å². The predicted molar refractivity (Wildman–Crippen MR) is 206 cm³/mol. The molecule has 0 aliphatic heterocycles. The van der Waals surface area contributed by atoms with Crippen molar-refractivity contribution in [2.45, 2.75) is 0 Å². The Balaban J connectivity index is 1.54. The third kappa shape index (κ3) is 4.96. The summed E-state index contributed by atoms with van der Waals surface area (Å²) in [5, 5.41) is 3.10. The molecule has 48 heavy (non-hydrogen) atoms. The lowest BCUT2D eigenvalue weighted by Gasteiger charge is -2.20. The Morgan fingerprint density at radius 3 is 1.42 bits per heavy atom. The summed E-state index contributed by atoms with van der Waals surface area (Å²) in [5.74, 6) is 0. The van der Waals surface area contributed by atoms with Gasteiger partial charge in [0.25, 0.3) is 0 Å². The highest BCUT2D eigenvalue weighted by atomic mass is 14.2. The van der Waals surface area contributed by atoms with Gasteiger partial charge in [-0.2, -0.15) is 0 Å². The molecule has 9 aromatic carbocycles. The molecule has 0 unspecified atom stereocenters. The average Bonchev–Trinajstić information content (AvgIpc) is 3.23. The maximum atomic E-state index is 10.1. The summed E-state index contributed by atoms with van der Waals surface area (Å²) in [5.41, 5.74) is 6.67. The van der Waals surface area contributed by atoms with Crippen molar-refractivity contribution in [2.75, 3.05) is 0 Å². The molecule has 0 amide bonds. The van der Waals surface area contributed by atoms with E-state index in [1.165, 1.54) is 0 Å². The summed E-state index contributed by atoms with van der Waals surface area (Å²) in [6.45, 7) is 0. The first-order valence-electron chi connectivity index (χ1n) is 19.5. The third-order valence-electron chi connectivity index (χ3n) is 9.04. The smallest absolute Gasteiger partial charge is 0.0622 e. The fourth-order valence-corrected chi connectivity index (χ4v) is 6.76. The topological polar surface area (TPSA) is 0 Å². The van der Waals surface area contributed by atoms with Crippen LogP contribution in [0.1, 0.15) is 9.60 Å². The normalized spacial score (nSPS) is 13.4. The Morgan fingerprint density at radius 1 is 0.292 bits per heavy atom. The summed E-state index contributed by atoms with van der Waals surface area (Å²) in [4.78, 5) is 0. The van der Waals surface area contributed by atoms with Crippen molar-refractivity contribution in [3.05, 3.63) is 194 Å². The van der Waals surface area contributed by atoms with Crippen LogP contribution in [-0.4, -0.2) is 0 Å². The summed E-state index contributed by atoms with van der Waals surface area (Å²) >= 11 is 0. The second-order valence-electron chi connectivity index (χ2n) is 12.0. The molecule has 0 spiro atoms. The summed E-state index contributed by atoms with van der Waals surface area (Å²) < 4.78 is 66.1. The molecule has 0 nitrogen and oxygen atoms in total. The molecule has 0 aliphatic carbocycles. The van der Waals surface area contributed by atoms with Gasteiger partial charge in [0.15, 0.2) is 0 Å². The van der Waals surface area contributed by atoms with Gasteiger partial charge in [0.05, 0.1) is 9.60 Å². The minimum Gasteiger partial charge on any atom is -0.0622 e. The SMILES string of the molecule is [2H]c1c([2H])c([2H])c2c(-c3cc(-c4ccccc4)cc(-c4ccccc4)c3)c3c([2H])c(-c4ccc5ccccc5c4)c([2H])c([2H])c3c(-c3ccccc3)c2c1[2H]. The fourth-order valence-electron chi connectivity index (χ4n) is 6.76. The van der Waals surface area contributed by atoms with Crippen LogP contribution in [0.5, 0.6) is 0 Å². The van der Waals surface area contributed by atoms with Gasteiger partial charge in [0.1, 0.15) is 0 Å². The van der Waals surface area contributed by atoms with Crippen molar-refractivity contribution in [1.82, 2.24) is 0 Å². The van der Waals surface area contributed by atoms with Gasteiger partial charge in [-0.25, -0.2) is 0 Å². The van der Waals surface area contributed by atoms with E-state index < -0.39 is 0 Å². The minimum atomic E-state index is -0.389. The van der Waals surface area contributed by atoms with E-state index in [2.05, 4.69) is 6.07 Å². The van der Waals surface area contributed by atoms with Crippen LogP contribution in [0.3, 0.4) is 0 Å². The predicted octanol–water partition coefficient (Wildman–Crippen LogP) is 13.5. The monoisotopic (exact) mass is 615 g/mol. The first-order chi connectivity index (χ1) is 26.7. The van der Waals surface area contributed by atoms with Crippen molar-refractivity contribution in [3.63, 3.8) is 0 Å². The highest BCUT2D eigenvalue weighted by molar-refractivity contribution is 6.22. The van der Waals surface area contributed by atoms with Crippen molar-refractivity contribution in [3.8, 4) is 55.6 Å². The Morgan fingerprint density at radius 2 is 0.792 bits per heavy atom. The van der Waals surface area contributed by atoms with Crippen LogP contribution in [0.4, 0.5) is 0 Å². The van der Waals surface area contributed by atoms with E-state index in [-0.39, 0.29) is 58.6 Å². The van der Waals surface area contributed by atoms with Crippen molar-refractivity contribution < 1.29 is 9.60 Å². The largest absolute Gasteiger partial charge is 0.0636 e. The van der Waals surface area contributed by atoms with Crippen LogP contribution < -0.4 is 0 Å². The van der Waals surface area contributed by atoms with Crippen LogP contribution in [0.25, 0.3) is 88.0 Å². The molecule has 0 aromatic heterocycles. The number of fused-ring (bicyclic) bond motifs is 3. The molecule has 9 aromatic rings. The molecule has 0 aliphatic rings. The van der Waals surface area contributed by atoms with E-state index >= 15 is 0 Å². The van der Waals surface area contributed by atoms with Gasteiger partial charge in [-0.3, -0.25) is 0 Å². The number of benzene rings is 9. The molecule has 0 saturated carbocycles. The molecule has 0 radical (unpaired) electrons. The lowest BCUT2D eigenvalue weighted by atomic mass is 9.83. The van der Waals surface area contributed by atoms with Crippen LogP contribution in [-0.2, 0) is 0 Å². The highest BCUT2D eigenvalue weighted by Crippen LogP contribution is 2.46. The van der Waals surface area contributed by atoms with Gasteiger partial charge >= 0.3 is 0 Å². The molecule has 0 N–H and O–H groups in total. The number of hydrogen-bond acceptors (Lipinski definition) is 0. The zero-order valence-corrected chi connectivity index (χ0v) is 25.9. The van der Waals surface area contributed by atoms with Gasteiger partial charge in [-0.1, -0.05) is 164 Å². The molecule has 0 fully saturated rings. The minimum absolute atomic E-state index is 0.0131. The van der Waals surface area contributed by atoms with Gasteiger partial charge < -0.3 is 0 Å². The lowest BCUT2D eigenvalue weighted by Crippen LogP contribution is -1.93. The highest BCUT2D eigenvalue weighted by Gasteiger charge is 2.19. The molecular formula is C48H32. The average molecular weight is 616 g/mol. The molecule has 0 saturated heterocycles. The van der Waals surface area contributed by atoms with E-state index in [0.717, 1.165) is 33.0 Å². The lowest BCUT2D eigenvalue weighted by molar-refractivity contribution is 1.58. The Kier molecular flexibility index (Phi) is 5.31. The molecular weight excluding hydrogens is 577 g/mol. The first-order valence-corrected chi connectivity index (χ1v) is 16.0. The second-order valence-corrected chi connectivity index (χ2v) is 12.0. The molecule has 0 heteroatoms. The Labute approximate surface area is 291 Å². The molecule has 0 atom stereocenters. The van der Waals surface area contributed by atoms with Crippen molar-refractivity contribution in [2.24, 2.45) is 0 Å². The van der Waals surface area contributed by atoms with E-state index in [1.807, 2.05) is 146 Å². The Bertz CT molecular complexity index is 2920. The summed E-state index contributed by atoms with van der Waals surface area (Å²) in [6.07, 6.45) is 0. The van der Waals surface area contributed by atoms with Crippen LogP contribution in [0, 0.1) is 0 Å². The zero-order chi connectivity index (χ0) is 38.0. The van der Waals surface area contributed by atoms with E-state index in [0.29, 0.717) is 38.6 Å². The zero-order valence-electron chi connectivity index (χ0n) is 32.9. The van der Waals surface area contributed by atoms with Crippen LogP contribution in [0.15, 0.2) is 194 Å². The fraction of sp³-hybridized carbons (Fsp3) is 0. The molecule has 224 valence electrons. The van der Waals surface area contributed by atoms with E-state index in [9.17, 15) is 6.85 Å².